The van der Waals surface area contributed by atoms with E-state index in [4.69, 9.17) is 4.74 Å². The van der Waals surface area contributed by atoms with Gasteiger partial charge in [0.15, 0.2) is 17.3 Å². The van der Waals surface area contributed by atoms with Crippen LogP contribution >= 0.6 is 0 Å². The van der Waals surface area contributed by atoms with Gasteiger partial charge in [-0.25, -0.2) is 0 Å². The number of nitrogens with one attached hydrogen (secondary N) is 1. The van der Waals surface area contributed by atoms with Gasteiger partial charge in [-0.3, -0.25) is 14.4 Å². The molecule has 0 unspecified atom stereocenters. The first-order valence-corrected chi connectivity index (χ1v) is 8.59. The smallest absolute Gasteiger partial charge is 0.224 e. The highest BCUT2D eigenvalue weighted by atomic mass is 16.5. The van der Waals surface area contributed by atoms with Crippen molar-refractivity contribution in [3.63, 3.8) is 0 Å². The Kier molecular flexibility index (Phi) is 6.71. The molecule has 27 heavy (non-hydrogen) atoms. The Morgan fingerprint density at radius 2 is 1.70 bits per heavy atom. The van der Waals surface area contributed by atoms with Crippen LogP contribution in [0.5, 0.6) is 11.5 Å². The second-order valence-electron chi connectivity index (χ2n) is 6.34. The number of Topliss-reactive ketones (excluding diaryl/α,β-unsaturated/α-hetero) is 2. The third-order valence-electron chi connectivity index (χ3n) is 4.24. The summed E-state index contributed by atoms with van der Waals surface area (Å²) in [6.45, 7) is 3.80. The summed E-state index contributed by atoms with van der Waals surface area (Å²) < 4.78 is 4.96. The number of benzene rings is 2. The van der Waals surface area contributed by atoms with Crippen LogP contribution < -0.4 is 10.1 Å². The second-order valence-corrected chi connectivity index (χ2v) is 6.34. The number of rotatable bonds is 8. The molecule has 142 valence electrons. The fourth-order valence-corrected chi connectivity index (χ4v) is 2.69. The SMILES string of the molecule is COc1cc(C(=O)CC(=O)CCC(=O)Nc2c(C)cccc2C)ccc1O. The van der Waals surface area contributed by atoms with Crippen LogP contribution in [-0.2, 0) is 9.59 Å². The lowest BCUT2D eigenvalue weighted by atomic mass is 10.0. The molecule has 0 aliphatic rings. The van der Waals surface area contributed by atoms with Crippen LogP contribution in [-0.4, -0.2) is 29.7 Å². The van der Waals surface area contributed by atoms with Gasteiger partial charge in [-0.1, -0.05) is 18.2 Å². The van der Waals surface area contributed by atoms with Crippen molar-refractivity contribution in [2.45, 2.75) is 33.1 Å². The number of aryl methyl sites for hydroxylation is 2. The van der Waals surface area contributed by atoms with E-state index in [1.807, 2.05) is 32.0 Å². The summed E-state index contributed by atoms with van der Waals surface area (Å²) in [4.78, 5) is 36.4. The molecule has 6 heteroatoms. The first-order valence-electron chi connectivity index (χ1n) is 8.59. The first-order chi connectivity index (χ1) is 12.8. The highest BCUT2D eigenvalue weighted by Gasteiger charge is 2.16. The monoisotopic (exact) mass is 369 g/mol. The summed E-state index contributed by atoms with van der Waals surface area (Å²) in [5.74, 6) is -0.874. The van der Waals surface area contributed by atoms with Crippen molar-refractivity contribution in [2.24, 2.45) is 0 Å². The number of carbonyl (C=O) groups is 3. The molecular formula is C21H23NO5. The van der Waals surface area contributed by atoms with Crippen LogP contribution in [0.25, 0.3) is 0 Å². The van der Waals surface area contributed by atoms with Gasteiger partial charge < -0.3 is 15.2 Å². The number of ether oxygens (including phenoxy) is 1. The lowest BCUT2D eigenvalue weighted by Gasteiger charge is -2.11. The maximum atomic E-state index is 12.2. The summed E-state index contributed by atoms with van der Waals surface area (Å²) in [6.07, 6.45) is -0.304. The molecule has 2 rings (SSSR count). The van der Waals surface area contributed by atoms with Gasteiger partial charge in [-0.05, 0) is 43.2 Å². The summed E-state index contributed by atoms with van der Waals surface area (Å²) in [7, 11) is 1.38. The molecule has 2 aromatic carbocycles. The molecule has 1 amide bonds. The minimum atomic E-state index is -0.381. The Morgan fingerprint density at radius 3 is 2.33 bits per heavy atom. The van der Waals surface area contributed by atoms with Crippen LogP contribution in [0.1, 0.15) is 40.7 Å². The van der Waals surface area contributed by atoms with E-state index in [1.54, 1.807) is 0 Å². The fraction of sp³-hybridized carbons (Fsp3) is 0.286. The van der Waals surface area contributed by atoms with Gasteiger partial charge in [0.2, 0.25) is 5.91 Å². The van der Waals surface area contributed by atoms with Gasteiger partial charge in [-0.15, -0.1) is 0 Å². The molecule has 6 nitrogen and oxygen atoms in total. The zero-order valence-corrected chi connectivity index (χ0v) is 15.7. The number of ketones is 2. The molecule has 0 aliphatic carbocycles. The van der Waals surface area contributed by atoms with Gasteiger partial charge in [0.05, 0.1) is 13.5 Å². The van der Waals surface area contributed by atoms with E-state index < -0.39 is 0 Å². The summed E-state index contributed by atoms with van der Waals surface area (Å²) in [6, 6.07) is 9.87. The number of phenolic OH excluding ortho intramolecular Hbond substituents is 1. The average Bonchev–Trinajstić information content (AvgIpc) is 2.63. The molecule has 0 saturated heterocycles. The van der Waals surface area contributed by atoms with Crippen LogP contribution in [0.15, 0.2) is 36.4 Å². The molecule has 0 atom stereocenters. The molecule has 0 aromatic heterocycles. The van der Waals surface area contributed by atoms with E-state index in [0.29, 0.717) is 0 Å². The molecule has 0 fully saturated rings. The lowest BCUT2D eigenvalue weighted by molar-refractivity contribution is -0.122. The van der Waals surface area contributed by atoms with Crippen LogP contribution in [0.3, 0.4) is 0 Å². The maximum absolute atomic E-state index is 12.2. The number of methoxy groups -OCH3 is 1. The van der Waals surface area contributed by atoms with E-state index in [9.17, 15) is 19.5 Å². The number of carbonyl (C=O) groups excluding carboxylic acids is 3. The topological polar surface area (TPSA) is 92.7 Å². The Balaban J connectivity index is 1.88. The Morgan fingerprint density at radius 1 is 1.04 bits per heavy atom. The molecular weight excluding hydrogens is 346 g/mol. The quantitative estimate of drug-likeness (QED) is 0.548. The normalized spacial score (nSPS) is 10.3. The molecule has 0 bridgehead atoms. The van der Waals surface area contributed by atoms with E-state index in [-0.39, 0.29) is 53.8 Å². The van der Waals surface area contributed by atoms with Gasteiger partial charge in [-0.2, -0.15) is 0 Å². The van der Waals surface area contributed by atoms with E-state index in [2.05, 4.69) is 5.32 Å². The first kappa shape index (κ1) is 20.2. The Bertz CT molecular complexity index is 853. The molecule has 2 aromatic rings. The summed E-state index contributed by atoms with van der Waals surface area (Å²) in [5.41, 5.74) is 2.93. The third kappa shape index (κ3) is 5.41. The maximum Gasteiger partial charge on any atom is 0.224 e. The molecule has 0 heterocycles. The number of aromatic hydroxyl groups is 1. The molecule has 0 aliphatic heterocycles. The van der Waals surface area contributed by atoms with Crippen molar-refractivity contribution < 1.29 is 24.2 Å². The van der Waals surface area contributed by atoms with Gasteiger partial charge in [0.1, 0.15) is 5.78 Å². The van der Waals surface area contributed by atoms with E-state index in [1.165, 1.54) is 25.3 Å². The Hall–Kier alpha value is -3.15. The average molecular weight is 369 g/mol. The zero-order valence-electron chi connectivity index (χ0n) is 15.7. The number of hydrogen-bond donors (Lipinski definition) is 2. The summed E-state index contributed by atoms with van der Waals surface area (Å²) >= 11 is 0. The molecule has 0 spiro atoms. The van der Waals surface area contributed by atoms with E-state index in [0.717, 1.165) is 16.8 Å². The standard InChI is InChI=1S/C21H23NO5/c1-13-5-4-6-14(2)21(13)22-20(26)10-8-16(23)12-18(25)15-7-9-17(24)19(11-15)27-3/h4-7,9,11,24H,8,10,12H2,1-3H3,(H,22,26). The Labute approximate surface area is 158 Å². The van der Waals surface area contributed by atoms with Crippen LogP contribution in [0.2, 0.25) is 0 Å². The van der Waals surface area contributed by atoms with Gasteiger partial charge in [0, 0.05) is 24.1 Å². The minimum Gasteiger partial charge on any atom is -0.504 e. The molecule has 0 saturated carbocycles. The third-order valence-corrected chi connectivity index (χ3v) is 4.24. The largest absolute Gasteiger partial charge is 0.504 e. The lowest BCUT2D eigenvalue weighted by Crippen LogP contribution is -2.16. The number of amides is 1. The van der Waals surface area contributed by atoms with Crippen molar-refractivity contribution >= 4 is 23.2 Å². The zero-order chi connectivity index (χ0) is 20.0. The highest BCUT2D eigenvalue weighted by molar-refractivity contribution is 6.09. The van der Waals surface area contributed by atoms with E-state index >= 15 is 0 Å². The highest BCUT2D eigenvalue weighted by Crippen LogP contribution is 2.27. The van der Waals surface area contributed by atoms with Gasteiger partial charge >= 0.3 is 0 Å². The number of hydrogen-bond acceptors (Lipinski definition) is 5. The van der Waals surface area contributed by atoms with Crippen molar-refractivity contribution in [3.8, 4) is 11.5 Å². The minimum absolute atomic E-state index is 0.0127. The fourth-order valence-electron chi connectivity index (χ4n) is 2.69. The predicted molar refractivity (Wildman–Crippen MR) is 102 cm³/mol. The molecule has 0 radical (unpaired) electrons. The van der Waals surface area contributed by atoms with Gasteiger partial charge in [0.25, 0.3) is 0 Å². The second kappa shape index (κ2) is 8.98. The van der Waals surface area contributed by atoms with Crippen molar-refractivity contribution in [1.29, 1.82) is 0 Å². The van der Waals surface area contributed by atoms with Crippen LogP contribution in [0.4, 0.5) is 5.69 Å². The predicted octanol–water partition coefficient (Wildman–Crippen LogP) is 3.58. The molecule has 2 N–H and O–H groups in total. The van der Waals surface area contributed by atoms with Crippen molar-refractivity contribution in [2.75, 3.05) is 12.4 Å². The number of anilines is 1. The summed E-state index contributed by atoms with van der Waals surface area (Å²) in [5, 5.41) is 12.4. The van der Waals surface area contributed by atoms with Crippen molar-refractivity contribution in [3.05, 3.63) is 53.1 Å². The van der Waals surface area contributed by atoms with Crippen molar-refractivity contribution in [1.82, 2.24) is 0 Å². The van der Waals surface area contributed by atoms with Crippen LogP contribution in [0, 0.1) is 13.8 Å². The number of para-hydroxylation sites is 1. The number of phenols is 1.